The van der Waals surface area contributed by atoms with E-state index >= 15 is 0 Å². The molecule has 5 nitrogen and oxygen atoms in total. The summed E-state index contributed by atoms with van der Waals surface area (Å²) >= 11 is 0. The van der Waals surface area contributed by atoms with Crippen LogP contribution >= 0.6 is 12.4 Å². The standard InChI is InChI=1S/C16H29N3O2.ClH/c1-11(2)16(21)19-8-6-13(7-9-19)18-15(20)14-5-3-4-12(14)10-17;/h11-14H,3-10,17H2,1-2H3,(H,18,20);1H/t12-,14-;/m1./s1. The van der Waals surface area contributed by atoms with Crippen molar-refractivity contribution in [1.29, 1.82) is 0 Å². The van der Waals surface area contributed by atoms with Gasteiger partial charge in [0.15, 0.2) is 0 Å². The second-order valence-corrected chi connectivity index (χ2v) is 6.80. The lowest BCUT2D eigenvalue weighted by molar-refractivity contribution is -0.135. The van der Waals surface area contributed by atoms with Crippen LogP contribution in [-0.2, 0) is 9.59 Å². The van der Waals surface area contributed by atoms with Crippen molar-refractivity contribution in [2.24, 2.45) is 23.5 Å². The summed E-state index contributed by atoms with van der Waals surface area (Å²) in [7, 11) is 0. The summed E-state index contributed by atoms with van der Waals surface area (Å²) in [5, 5.41) is 3.18. The fourth-order valence-electron chi connectivity index (χ4n) is 3.58. The van der Waals surface area contributed by atoms with Crippen molar-refractivity contribution in [3.8, 4) is 0 Å². The van der Waals surface area contributed by atoms with Crippen LogP contribution in [0.2, 0.25) is 0 Å². The number of likely N-dealkylation sites (tertiary alicyclic amines) is 1. The summed E-state index contributed by atoms with van der Waals surface area (Å²) in [6, 6.07) is 0.215. The monoisotopic (exact) mass is 331 g/mol. The number of amides is 2. The number of carbonyl (C=O) groups excluding carboxylic acids is 2. The average molecular weight is 332 g/mol. The maximum atomic E-state index is 12.4. The van der Waals surface area contributed by atoms with Crippen LogP contribution in [0.3, 0.4) is 0 Å². The van der Waals surface area contributed by atoms with Crippen LogP contribution in [-0.4, -0.2) is 42.4 Å². The quantitative estimate of drug-likeness (QED) is 0.820. The maximum Gasteiger partial charge on any atom is 0.225 e. The van der Waals surface area contributed by atoms with Gasteiger partial charge in [-0.15, -0.1) is 12.4 Å². The highest BCUT2D eigenvalue weighted by Gasteiger charge is 2.33. The van der Waals surface area contributed by atoms with Crippen LogP contribution in [0.15, 0.2) is 0 Å². The molecular formula is C16H30ClN3O2. The Morgan fingerprint density at radius 3 is 2.36 bits per heavy atom. The Kier molecular flexibility index (Phi) is 7.63. The van der Waals surface area contributed by atoms with Gasteiger partial charge in [0.2, 0.25) is 11.8 Å². The molecular weight excluding hydrogens is 302 g/mol. The van der Waals surface area contributed by atoms with Crippen molar-refractivity contribution in [3.05, 3.63) is 0 Å². The zero-order valence-corrected chi connectivity index (χ0v) is 14.5. The third-order valence-electron chi connectivity index (χ3n) is 4.95. The van der Waals surface area contributed by atoms with E-state index in [9.17, 15) is 9.59 Å². The molecule has 0 aromatic heterocycles. The number of halogens is 1. The zero-order chi connectivity index (χ0) is 15.4. The van der Waals surface area contributed by atoms with E-state index in [-0.39, 0.29) is 42.1 Å². The number of rotatable bonds is 4. The average Bonchev–Trinajstić information content (AvgIpc) is 2.95. The molecule has 1 saturated carbocycles. The Labute approximate surface area is 139 Å². The molecule has 0 bridgehead atoms. The summed E-state index contributed by atoms with van der Waals surface area (Å²) in [6.07, 6.45) is 4.89. The largest absolute Gasteiger partial charge is 0.353 e. The van der Waals surface area contributed by atoms with Gasteiger partial charge in [0.1, 0.15) is 0 Å². The molecule has 0 unspecified atom stereocenters. The van der Waals surface area contributed by atoms with Crippen molar-refractivity contribution in [2.45, 2.75) is 52.0 Å². The lowest BCUT2D eigenvalue weighted by Gasteiger charge is -2.34. The molecule has 1 aliphatic carbocycles. The molecule has 0 aromatic carbocycles. The summed E-state index contributed by atoms with van der Waals surface area (Å²) < 4.78 is 0. The first kappa shape index (κ1) is 19.2. The summed E-state index contributed by atoms with van der Waals surface area (Å²) in [5.74, 6) is 0.910. The minimum atomic E-state index is 0. The highest BCUT2D eigenvalue weighted by Crippen LogP contribution is 2.31. The van der Waals surface area contributed by atoms with Crippen molar-refractivity contribution in [2.75, 3.05) is 19.6 Å². The predicted molar refractivity (Wildman–Crippen MR) is 89.7 cm³/mol. The van der Waals surface area contributed by atoms with E-state index in [2.05, 4.69) is 5.32 Å². The zero-order valence-electron chi connectivity index (χ0n) is 13.7. The lowest BCUT2D eigenvalue weighted by atomic mass is 9.94. The van der Waals surface area contributed by atoms with Crippen molar-refractivity contribution in [1.82, 2.24) is 10.2 Å². The number of hydrogen-bond acceptors (Lipinski definition) is 3. The Hall–Kier alpha value is -0.810. The van der Waals surface area contributed by atoms with Crippen LogP contribution in [0, 0.1) is 17.8 Å². The van der Waals surface area contributed by atoms with Crippen LogP contribution in [0.5, 0.6) is 0 Å². The molecule has 1 aliphatic heterocycles. The molecule has 2 rings (SSSR count). The van der Waals surface area contributed by atoms with Crippen molar-refractivity contribution in [3.63, 3.8) is 0 Å². The van der Waals surface area contributed by atoms with Gasteiger partial charge in [-0.3, -0.25) is 9.59 Å². The first-order valence-electron chi connectivity index (χ1n) is 8.32. The highest BCUT2D eigenvalue weighted by atomic mass is 35.5. The topological polar surface area (TPSA) is 75.4 Å². The molecule has 2 atom stereocenters. The van der Waals surface area contributed by atoms with Crippen molar-refractivity contribution >= 4 is 24.2 Å². The molecule has 0 radical (unpaired) electrons. The van der Waals surface area contributed by atoms with E-state index in [4.69, 9.17) is 5.73 Å². The molecule has 22 heavy (non-hydrogen) atoms. The number of nitrogens with zero attached hydrogens (tertiary/aromatic N) is 1. The molecule has 0 spiro atoms. The van der Waals surface area contributed by atoms with E-state index in [0.29, 0.717) is 12.5 Å². The van der Waals surface area contributed by atoms with E-state index in [1.165, 1.54) is 0 Å². The van der Waals surface area contributed by atoms with Gasteiger partial charge >= 0.3 is 0 Å². The molecule has 3 N–H and O–H groups in total. The normalized spacial score (nSPS) is 25.9. The third-order valence-corrected chi connectivity index (χ3v) is 4.95. The molecule has 1 saturated heterocycles. The number of carbonyl (C=O) groups is 2. The minimum absolute atomic E-state index is 0. The molecule has 2 fully saturated rings. The van der Waals surface area contributed by atoms with E-state index in [1.807, 2.05) is 18.7 Å². The molecule has 2 amide bonds. The molecule has 0 aromatic rings. The molecule has 6 heteroatoms. The minimum Gasteiger partial charge on any atom is -0.353 e. The first-order chi connectivity index (χ1) is 10.0. The van der Waals surface area contributed by atoms with Gasteiger partial charge in [-0.05, 0) is 38.1 Å². The number of piperidine rings is 1. The highest BCUT2D eigenvalue weighted by molar-refractivity contribution is 5.85. The summed E-state index contributed by atoms with van der Waals surface area (Å²) in [6.45, 7) is 5.99. The second-order valence-electron chi connectivity index (χ2n) is 6.80. The van der Waals surface area contributed by atoms with Gasteiger partial charge in [-0.2, -0.15) is 0 Å². The smallest absolute Gasteiger partial charge is 0.225 e. The van der Waals surface area contributed by atoms with E-state index in [0.717, 1.165) is 45.2 Å². The Morgan fingerprint density at radius 2 is 1.82 bits per heavy atom. The SMILES string of the molecule is CC(C)C(=O)N1CCC(NC(=O)[C@@H]2CCC[C@@H]2CN)CC1.Cl. The maximum absolute atomic E-state index is 12.4. The predicted octanol–water partition coefficient (Wildman–Crippen LogP) is 1.55. The summed E-state index contributed by atoms with van der Waals surface area (Å²) in [5.41, 5.74) is 5.75. The van der Waals surface area contributed by atoms with Gasteiger partial charge in [0.05, 0.1) is 0 Å². The molecule has 128 valence electrons. The number of nitrogens with two attached hydrogens (primary N) is 1. The Balaban J connectivity index is 0.00000242. The molecule has 1 heterocycles. The Bertz CT molecular complexity index is 382. The fraction of sp³-hybridized carbons (Fsp3) is 0.875. The number of nitrogens with one attached hydrogen (secondary N) is 1. The molecule has 2 aliphatic rings. The van der Waals surface area contributed by atoms with Gasteiger partial charge in [-0.25, -0.2) is 0 Å². The first-order valence-corrected chi connectivity index (χ1v) is 8.32. The van der Waals surface area contributed by atoms with Crippen LogP contribution < -0.4 is 11.1 Å². The van der Waals surface area contributed by atoms with E-state index < -0.39 is 0 Å². The fourth-order valence-corrected chi connectivity index (χ4v) is 3.58. The van der Waals surface area contributed by atoms with Gasteiger partial charge in [0, 0.05) is 31.0 Å². The van der Waals surface area contributed by atoms with Crippen molar-refractivity contribution < 1.29 is 9.59 Å². The van der Waals surface area contributed by atoms with Crippen LogP contribution in [0.1, 0.15) is 46.0 Å². The van der Waals surface area contributed by atoms with Crippen LogP contribution in [0.25, 0.3) is 0 Å². The third kappa shape index (κ3) is 4.59. The van der Waals surface area contributed by atoms with Gasteiger partial charge in [-0.1, -0.05) is 20.3 Å². The van der Waals surface area contributed by atoms with Gasteiger partial charge in [0.25, 0.3) is 0 Å². The van der Waals surface area contributed by atoms with Crippen LogP contribution in [0.4, 0.5) is 0 Å². The Morgan fingerprint density at radius 1 is 1.18 bits per heavy atom. The number of hydrogen-bond donors (Lipinski definition) is 2. The van der Waals surface area contributed by atoms with E-state index in [1.54, 1.807) is 0 Å². The lowest BCUT2D eigenvalue weighted by Crippen LogP contribution is -2.49. The van der Waals surface area contributed by atoms with Gasteiger partial charge < -0.3 is 16.0 Å². The summed E-state index contributed by atoms with van der Waals surface area (Å²) in [4.78, 5) is 26.2. The second kappa shape index (κ2) is 8.73.